The highest BCUT2D eigenvalue weighted by Gasteiger charge is 2.27. The lowest BCUT2D eigenvalue weighted by Gasteiger charge is -2.32. The van der Waals surface area contributed by atoms with Crippen molar-refractivity contribution in [2.45, 2.75) is 12.2 Å². The standard InChI is InChI=1S/C20H25NO4/c1-22-17-9-5-6-10-18(17)23-12-11-21-15-19-20(25-14-13-24-19)16-7-3-2-4-8-16/h2-10,19-21H,11-15H2,1H3/t19-,20-/m1/s1. The fourth-order valence-electron chi connectivity index (χ4n) is 2.90. The zero-order chi connectivity index (χ0) is 17.3. The van der Waals surface area contributed by atoms with Gasteiger partial charge in [-0.2, -0.15) is 0 Å². The van der Waals surface area contributed by atoms with Crippen molar-refractivity contribution in [2.75, 3.05) is 40.0 Å². The third-order valence-electron chi connectivity index (χ3n) is 4.13. The topological polar surface area (TPSA) is 49.0 Å². The monoisotopic (exact) mass is 343 g/mol. The van der Waals surface area contributed by atoms with Crippen LogP contribution in [0.4, 0.5) is 0 Å². The van der Waals surface area contributed by atoms with Crippen molar-refractivity contribution >= 4 is 0 Å². The molecule has 2 atom stereocenters. The quantitative estimate of drug-likeness (QED) is 0.747. The highest BCUT2D eigenvalue weighted by Crippen LogP contribution is 2.27. The Morgan fingerprint density at radius 1 is 0.960 bits per heavy atom. The molecule has 0 aromatic heterocycles. The molecule has 1 heterocycles. The van der Waals surface area contributed by atoms with Gasteiger partial charge in [-0.1, -0.05) is 42.5 Å². The van der Waals surface area contributed by atoms with Crippen LogP contribution in [0.3, 0.4) is 0 Å². The number of hydrogen-bond donors (Lipinski definition) is 1. The Kier molecular flexibility index (Phi) is 6.68. The third kappa shape index (κ3) is 4.95. The normalized spacial score (nSPS) is 20.2. The fourth-order valence-corrected chi connectivity index (χ4v) is 2.90. The average molecular weight is 343 g/mol. The summed E-state index contributed by atoms with van der Waals surface area (Å²) in [5.74, 6) is 1.50. The van der Waals surface area contributed by atoms with E-state index in [-0.39, 0.29) is 12.2 Å². The fraction of sp³-hybridized carbons (Fsp3) is 0.400. The van der Waals surface area contributed by atoms with Crippen molar-refractivity contribution in [2.24, 2.45) is 0 Å². The van der Waals surface area contributed by atoms with E-state index in [0.717, 1.165) is 30.2 Å². The van der Waals surface area contributed by atoms with E-state index in [9.17, 15) is 0 Å². The molecule has 1 aliphatic heterocycles. The number of ether oxygens (including phenoxy) is 4. The summed E-state index contributed by atoms with van der Waals surface area (Å²) in [6, 6.07) is 17.9. The molecule has 0 radical (unpaired) electrons. The summed E-state index contributed by atoms with van der Waals surface area (Å²) in [6.45, 7) is 3.26. The highest BCUT2D eigenvalue weighted by atomic mass is 16.6. The van der Waals surface area contributed by atoms with Gasteiger partial charge in [-0.15, -0.1) is 0 Å². The highest BCUT2D eigenvalue weighted by molar-refractivity contribution is 5.39. The van der Waals surface area contributed by atoms with Crippen molar-refractivity contribution < 1.29 is 18.9 Å². The van der Waals surface area contributed by atoms with Gasteiger partial charge in [0.15, 0.2) is 11.5 Å². The first-order valence-corrected chi connectivity index (χ1v) is 8.63. The summed E-state index contributed by atoms with van der Waals surface area (Å²) in [5, 5.41) is 3.39. The number of para-hydroxylation sites is 2. The summed E-state index contributed by atoms with van der Waals surface area (Å²) >= 11 is 0. The average Bonchev–Trinajstić information content (AvgIpc) is 2.69. The molecule has 5 heteroatoms. The van der Waals surface area contributed by atoms with Crippen LogP contribution < -0.4 is 14.8 Å². The maximum Gasteiger partial charge on any atom is 0.161 e. The molecule has 0 spiro atoms. The maximum absolute atomic E-state index is 5.92. The molecule has 3 rings (SSSR count). The van der Waals surface area contributed by atoms with Crippen LogP contribution in [-0.2, 0) is 9.47 Å². The molecule has 2 aromatic rings. The van der Waals surface area contributed by atoms with Crippen molar-refractivity contribution in [3.05, 3.63) is 60.2 Å². The molecular weight excluding hydrogens is 318 g/mol. The molecule has 0 saturated carbocycles. The Hall–Kier alpha value is -2.08. The van der Waals surface area contributed by atoms with Gasteiger partial charge in [0.25, 0.3) is 0 Å². The second kappa shape index (κ2) is 9.42. The summed E-state index contributed by atoms with van der Waals surface area (Å²) in [7, 11) is 1.64. The second-order valence-electron chi connectivity index (χ2n) is 5.81. The Labute approximate surface area is 148 Å². The summed E-state index contributed by atoms with van der Waals surface area (Å²) in [5.41, 5.74) is 1.15. The number of benzene rings is 2. The largest absolute Gasteiger partial charge is 0.493 e. The van der Waals surface area contributed by atoms with Crippen LogP contribution in [0, 0.1) is 0 Å². The first-order valence-electron chi connectivity index (χ1n) is 8.63. The predicted octanol–water partition coefficient (Wildman–Crippen LogP) is 2.82. The molecular formula is C20H25NO4. The molecule has 0 amide bonds. The lowest BCUT2D eigenvalue weighted by Crippen LogP contribution is -2.40. The Morgan fingerprint density at radius 3 is 2.48 bits per heavy atom. The molecule has 1 saturated heterocycles. The van der Waals surface area contributed by atoms with Crippen LogP contribution in [0.5, 0.6) is 11.5 Å². The molecule has 5 nitrogen and oxygen atoms in total. The van der Waals surface area contributed by atoms with E-state index in [4.69, 9.17) is 18.9 Å². The zero-order valence-electron chi connectivity index (χ0n) is 14.5. The lowest BCUT2D eigenvalue weighted by atomic mass is 10.0. The van der Waals surface area contributed by atoms with Crippen LogP contribution >= 0.6 is 0 Å². The second-order valence-corrected chi connectivity index (χ2v) is 5.81. The van der Waals surface area contributed by atoms with E-state index in [2.05, 4.69) is 17.4 Å². The molecule has 134 valence electrons. The van der Waals surface area contributed by atoms with Crippen molar-refractivity contribution in [1.29, 1.82) is 0 Å². The third-order valence-corrected chi connectivity index (χ3v) is 4.13. The summed E-state index contributed by atoms with van der Waals surface area (Å²) < 4.78 is 22.9. The van der Waals surface area contributed by atoms with E-state index >= 15 is 0 Å². The smallest absolute Gasteiger partial charge is 0.161 e. The van der Waals surface area contributed by atoms with Gasteiger partial charge in [0.05, 0.1) is 20.3 Å². The van der Waals surface area contributed by atoms with Crippen molar-refractivity contribution in [3.8, 4) is 11.5 Å². The minimum atomic E-state index is -0.0300. The van der Waals surface area contributed by atoms with Gasteiger partial charge < -0.3 is 24.3 Å². The molecule has 0 bridgehead atoms. The Morgan fingerprint density at radius 2 is 1.68 bits per heavy atom. The number of rotatable bonds is 8. The number of nitrogens with one attached hydrogen (secondary N) is 1. The van der Waals surface area contributed by atoms with Gasteiger partial charge in [-0.05, 0) is 17.7 Å². The lowest BCUT2D eigenvalue weighted by molar-refractivity contribution is -0.140. The van der Waals surface area contributed by atoms with Gasteiger partial charge in [0.2, 0.25) is 0 Å². The molecule has 1 fully saturated rings. The van der Waals surface area contributed by atoms with Crippen LogP contribution in [0.1, 0.15) is 11.7 Å². The summed E-state index contributed by atoms with van der Waals surface area (Å²) in [4.78, 5) is 0. The van der Waals surface area contributed by atoms with E-state index in [1.54, 1.807) is 7.11 Å². The van der Waals surface area contributed by atoms with Gasteiger partial charge in [0.1, 0.15) is 18.8 Å². The first-order chi connectivity index (χ1) is 12.4. The van der Waals surface area contributed by atoms with Crippen LogP contribution in [0.15, 0.2) is 54.6 Å². The zero-order valence-corrected chi connectivity index (χ0v) is 14.5. The minimum Gasteiger partial charge on any atom is -0.493 e. The van der Waals surface area contributed by atoms with Gasteiger partial charge in [-0.3, -0.25) is 0 Å². The molecule has 2 aromatic carbocycles. The molecule has 25 heavy (non-hydrogen) atoms. The predicted molar refractivity (Wildman–Crippen MR) is 96.2 cm³/mol. The maximum atomic E-state index is 5.92. The molecule has 1 N–H and O–H groups in total. The van der Waals surface area contributed by atoms with Gasteiger partial charge in [-0.25, -0.2) is 0 Å². The molecule has 1 aliphatic rings. The number of hydrogen-bond acceptors (Lipinski definition) is 5. The Bertz CT molecular complexity index is 635. The van der Waals surface area contributed by atoms with Gasteiger partial charge in [0, 0.05) is 13.1 Å². The van der Waals surface area contributed by atoms with Crippen LogP contribution in [0.25, 0.3) is 0 Å². The van der Waals surface area contributed by atoms with E-state index < -0.39 is 0 Å². The van der Waals surface area contributed by atoms with Gasteiger partial charge >= 0.3 is 0 Å². The summed E-state index contributed by atoms with van der Waals surface area (Å²) in [6.07, 6.45) is -0.0278. The van der Waals surface area contributed by atoms with Crippen molar-refractivity contribution in [1.82, 2.24) is 5.32 Å². The van der Waals surface area contributed by atoms with E-state index in [1.165, 1.54) is 0 Å². The van der Waals surface area contributed by atoms with Crippen LogP contribution in [-0.4, -0.2) is 46.1 Å². The van der Waals surface area contributed by atoms with Crippen molar-refractivity contribution in [3.63, 3.8) is 0 Å². The van der Waals surface area contributed by atoms with Crippen LogP contribution in [0.2, 0.25) is 0 Å². The number of methoxy groups -OCH3 is 1. The first kappa shape index (κ1) is 17.7. The SMILES string of the molecule is COc1ccccc1OCCNC[C@H]1OCCO[C@@H]1c1ccccc1. The van der Waals surface area contributed by atoms with E-state index in [1.807, 2.05) is 42.5 Å². The minimum absolute atomic E-state index is 0.00223. The van der Waals surface area contributed by atoms with E-state index in [0.29, 0.717) is 19.8 Å². The molecule has 0 unspecified atom stereocenters. The Balaban J connectivity index is 1.44. The molecule has 0 aliphatic carbocycles.